The highest BCUT2D eigenvalue weighted by molar-refractivity contribution is 5.97. The molecule has 1 aromatic heterocycles. The molecule has 0 unspecified atom stereocenters. The van der Waals surface area contributed by atoms with Crippen molar-refractivity contribution in [2.75, 3.05) is 26.7 Å². The Kier molecular flexibility index (Phi) is 8.88. The van der Waals surface area contributed by atoms with Crippen LogP contribution in [0.2, 0.25) is 0 Å². The van der Waals surface area contributed by atoms with Crippen LogP contribution in [0.4, 0.5) is 9.18 Å². The van der Waals surface area contributed by atoms with Crippen molar-refractivity contribution in [1.82, 2.24) is 20.1 Å². The first-order chi connectivity index (χ1) is 17.1. The summed E-state index contributed by atoms with van der Waals surface area (Å²) in [6.45, 7) is 7.83. The molecule has 3 rings (SSSR count). The summed E-state index contributed by atoms with van der Waals surface area (Å²) in [4.78, 5) is 33.4. The third kappa shape index (κ3) is 6.52. The van der Waals surface area contributed by atoms with Gasteiger partial charge in [0.05, 0.1) is 24.8 Å². The predicted molar refractivity (Wildman–Crippen MR) is 134 cm³/mol. The lowest BCUT2D eigenvalue weighted by atomic mass is 10.00. The average molecular weight is 497 g/mol. The maximum atomic E-state index is 14.0. The molecule has 1 aliphatic heterocycles. The number of carbonyl (C=O) groups is 2. The maximum absolute atomic E-state index is 14.0. The van der Waals surface area contributed by atoms with Gasteiger partial charge in [0.25, 0.3) is 5.91 Å². The van der Waals surface area contributed by atoms with Crippen LogP contribution >= 0.6 is 0 Å². The number of fused-ring (bicyclic) bond motifs is 1. The number of ether oxygens (including phenoxy) is 1. The third-order valence-corrected chi connectivity index (χ3v) is 5.95. The smallest absolute Gasteiger partial charge is 0.317 e. The van der Waals surface area contributed by atoms with Crippen LogP contribution in [0.3, 0.4) is 0 Å². The quantitative estimate of drug-likeness (QED) is 0.621. The van der Waals surface area contributed by atoms with E-state index in [4.69, 9.17) is 4.74 Å². The Morgan fingerprint density at radius 1 is 1.33 bits per heavy atom. The summed E-state index contributed by atoms with van der Waals surface area (Å²) in [5, 5.41) is 12.7. The molecule has 2 heterocycles. The van der Waals surface area contributed by atoms with E-state index < -0.39 is 18.0 Å². The zero-order valence-electron chi connectivity index (χ0n) is 21.3. The summed E-state index contributed by atoms with van der Waals surface area (Å²) in [5.74, 6) is 4.82. The van der Waals surface area contributed by atoms with Gasteiger partial charge in [-0.2, -0.15) is 0 Å². The average Bonchev–Trinajstić information content (AvgIpc) is 2.84. The van der Waals surface area contributed by atoms with E-state index in [1.54, 1.807) is 48.0 Å². The molecule has 0 aliphatic carbocycles. The van der Waals surface area contributed by atoms with Crippen LogP contribution in [-0.4, -0.2) is 76.8 Å². The molecule has 2 N–H and O–H groups in total. The molecular weight excluding hydrogens is 463 g/mol. The predicted octanol–water partition coefficient (Wildman–Crippen LogP) is 2.89. The SMILES string of the molecule is CC(C)NC(=O)N(C)C[C@H]1Oc2ncc(C#Cc3ccccc3F)cc2C(=O)N([C@H](C)CO)C[C@@H]1C. The van der Waals surface area contributed by atoms with Crippen LogP contribution in [0.15, 0.2) is 36.5 Å². The minimum absolute atomic E-state index is 0.0135. The Morgan fingerprint density at radius 2 is 2.06 bits per heavy atom. The molecule has 2 aromatic rings. The van der Waals surface area contributed by atoms with Gasteiger partial charge in [-0.15, -0.1) is 0 Å². The highest BCUT2D eigenvalue weighted by Crippen LogP contribution is 2.27. The van der Waals surface area contributed by atoms with E-state index >= 15 is 0 Å². The fourth-order valence-corrected chi connectivity index (χ4v) is 3.80. The van der Waals surface area contributed by atoms with Gasteiger partial charge in [0, 0.05) is 37.3 Å². The number of hydrogen-bond acceptors (Lipinski definition) is 5. The Morgan fingerprint density at radius 3 is 2.72 bits per heavy atom. The number of nitrogens with one attached hydrogen (secondary N) is 1. The molecule has 0 fully saturated rings. The van der Waals surface area contributed by atoms with Crippen LogP contribution < -0.4 is 10.1 Å². The summed E-state index contributed by atoms with van der Waals surface area (Å²) in [5.41, 5.74) is 0.852. The second-order valence-corrected chi connectivity index (χ2v) is 9.41. The van der Waals surface area contributed by atoms with Gasteiger partial charge in [-0.05, 0) is 39.0 Å². The Labute approximate surface area is 211 Å². The minimum atomic E-state index is -0.462. The van der Waals surface area contributed by atoms with E-state index in [9.17, 15) is 19.1 Å². The van der Waals surface area contributed by atoms with Crippen molar-refractivity contribution in [3.05, 3.63) is 59.0 Å². The highest BCUT2D eigenvalue weighted by Gasteiger charge is 2.34. The Hall–Kier alpha value is -3.64. The van der Waals surface area contributed by atoms with Gasteiger partial charge in [-0.25, -0.2) is 14.2 Å². The van der Waals surface area contributed by atoms with E-state index in [0.717, 1.165) is 0 Å². The first kappa shape index (κ1) is 27.0. The number of benzene rings is 1. The summed E-state index contributed by atoms with van der Waals surface area (Å²) in [6, 6.07) is 7.05. The maximum Gasteiger partial charge on any atom is 0.317 e. The molecule has 0 radical (unpaired) electrons. The lowest BCUT2D eigenvalue weighted by Crippen LogP contribution is -2.51. The second kappa shape index (κ2) is 11.9. The standard InChI is InChI=1S/C27H33FN4O4/c1-17(2)30-27(35)31(5)15-24-18(3)14-32(19(4)16-33)26(34)22-12-20(13-29-25(22)36-24)10-11-21-8-6-7-9-23(21)28/h6-9,12-13,17-19,24,33H,14-16H2,1-5H3,(H,30,35)/t18-,19+,24+/m0/s1. The zero-order valence-corrected chi connectivity index (χ0v) is 21.3. The van der Waals surface area contributed by atoms with Gasteiger partial charge in [-0.3, -0.25) is 4.79 Å². The number of aliphatic hydroxyl groups excluding tert-OH is 1. The van der Waals surface area contributed by atoms with Gasteiger partial charge in [0.15, 0.2) is 0 Å². The van der Waals surface area contributed by atoms with Gasteiger partial charge >= 0.3 is 6.03 Å². The minimum Gasteiger partial charge on any atom is -0.472 e. The summed E-state index contributed by atoms with van der Waals surface area (Å²) in [6.07, 6.45) is 1.01. The van der Waals surface area contributed by atoms with Crippen molar-refractivity contribution in [2.24, 2.45) is 5.92 Å². The Bertz CT molecular complexity index is 1160. The van der Waals surface area contributed by atoms with Gasteiger partial charge < -0.3 is 25.0 Å². The Balaban J connectivity index is 1.97. The largest absolute Gasteiger partial charge is 0.472 e. The molecule has 36 heavy (non-hydrogen) atoms. The van der Waals surface area contributed by atoms with Crippen molar-refractivity contribution in [2.45, 2.75) is 45.9 Å². The number of aliphatic hydroxyl groups is 1. The van der Waals surface area contributed by atoms with Crippen LogP contribution in [0.5, 0.6) is 5.88 Å². The van der Waals surface area contributed by atoms with E-state index in [1.807, 2.05) is 20.8 Å². The van der Waals surface area contributed by atoms with Crippen LogP contribution in [0.25, 0.3) is 0 Å². The number of nitrogens with zero attached hydrogens (tertiary/aromatic N) is 3. The van der Waals surface area contributed by atoms with Crippen molar-refractivity contribution >= 4 is 11.9 Å². The van der Waals surface area contributed by atoms with E-state index in [0.29, 0.717) is 12.1 Å². The first-order valence-corrected chi connectivity index (χ1v) is 12.0. The lowest BCUT2D eigenvalue weighted by molar-refractivity contribution is 0.0351. The molecule has 0 saturated carbocycles. The number of amides is 3. The lowest BCUT2D eigenvalue weighted by Gasteiger charge is -2.37. The number of rotatable bonds is 5. The number of likely N-dealkylation sites (N-methyl/N-ethyl adjacent to an activating group) is 1. The third-order valence-electron chi connectivity index (χ3n) is 5.95. The summed E-state index contributed by atoms with van der Waals surface area (Å²) < 4.78 is 20.2. The number of halogens is 1. The molecule has 3 atom stereocenters. The number of hydrogen-bond donors (Lipinski definition) is 2. The molecule has 1 aliphatic rings. The van der Waals surface area contributed by atoms with Crippen LogP contribution in [0.1, 0.15) is 49.2 Å². The monoisotopic (exact) mass is 496 g/mol. The first-order valence-electron chi connectivity index (χ1n) is 12.0. The van der Waals surface area contributed by atoms with Crippen molar-refractivity contribution in [3.8, 4) is 17.7 Å². The van der Waals surface area contributed by atoms with E-state index in [-0.39, 0.29) is 54.1 Å². The molecule has 1 aromatic carbocycles. The summed E-state index contributed by atoms with van der Waals surface area (Å²) in [7, 11) is 1.68. The molecule has 192 valence electrons. The van der Waals surface area contributed by atoms with Gasteiger partial charge in [0.1, 0.15) is 17.5 Å². The van der Waals surface area contributed by atoms with Crippen molar-refractivity contribution in [3.63, 3.8) is 0 Å². The number of urea groups is 1. The number of aromatic nitrogens is 1. The molecule has 0 spiro atoms. The van der Waals surface area contributed by atoms with E-state index in [1.165, 1.54) is 12.3 Å². The molecule has 9 heteroatoms. The zero-order chi connectivity index (χ0) is 26.4. The van der Waals surface area contributed by atoms with Crippen molar-refractivity contribution < 1.29 is 23.8 Å². The normalized spacial score (nSPS) is 18.2. The molecule has 8 nitrogen and oxygen atoms in total. The molecular formula is C27H33FN4O4. The summed E-state index contributed by atoms with van der Waals surface area (Å²) >= 11 is 0. The van der Waals surface area contributed by atoms with Crippen LogP contribution in [-0.2, 0) is 0 Å². The second-order valence-electron chi connectivity index (χ2n) is 9.41. The van der Waals surface area contributed by atoms with Crippen LogP contribution in [0, 0.1) is 23.6 Å². The van der Waals surface area contributed by atoms with E-state index in [2.05, 4.69) is 22.1 Å². The topological polar surface area (TPSA) is 95.0 Å². The molecule has 0 saturated heterocycles. The van der Waals surface area contributed by atoms with Gasteiger partial charge in [-0.1, -0.05) is 30.9 Å². The van der Waals surface area contributed by atoms with Gasteiger partial charge in [0.2, 0.25) is 5.88 Å². The molecule has 3 amide bonds. The fraction of sp³-hybridized carbons (Fsp3) is 0.444. The fourth-order valence-electron chi connectivity index (χ4n) is 3.80. The molecule has 0 bridgehead atoms. The number of carbonyl (C=O) groups excluding carboxylic acids is 2. The number of pyridine rings is 1. The highest BCUT2D eigenvalue weighted by atomic mass is 19.1. The van der Waals surface area contributed by atoms with Crippen molar-refractivity contribution in [1.29, 1.82) is 0 Å².